The maximum absolute atomic E-state index is 13.1. The van der Waals surface area contributed by atoms with Crippen molar-refractivity contribution in [1.82, 2.24) is 0 Å². The summed E-state index contributed by atoms with van der Waals surface area (Å²) in [6.07, 6.45) is 1.33. The number of nitrogens with one attached hydrogen (secondary N) is 1. The zero-order valence-corrected chi connectivity index (χ0v) is 18.1. The largest absolute Gasteiger partial charge is 0.322 e. The molecule has 9 heteroatoms. The van der Waals surface area contributed by atoms with Crippen molar-refractivity contribution in [3.63, 3.8) is 0 Å². The molecule has 8 nitrogen and oxygen atoms in total. The lowest BCUT2D eigenvalue weighted by atomic mass is 10.0. The summed E-state index contributed by atoms with van der Waals surface area (Å²) in [4.78, 5) is 23.5. The quantitative estimate of drug-likeness (QED) is 0.459. The second-order valence-corrected chi connectivity index (χ2v) is 9.41. The van der Waals surface area contributed by atoms with E-state index in [0.29, 0.717) is 36.3 Å². The molecule has 0 atom stereocenters. The average molecular weight is 452 g/mol. The topological polar surface area (TPSA) is 110 Å². The van der Waals surface area contributed by atoms with E-state index in [1.165, 1.54) is 22.5 Å². The van der Waals surface area contributed by atoms with E-state index in [9.17, 15) is 23.3 Å². The highest BCUT2D eigenvalue weighted by Crippen LogP contribution is 2.34. The fraction of sp³-hybridized carbons (Fsp3) is 0.174. The second kappa shape index (κ2) is 8.43. The fourth-order valence-corrected chi connectivity index (χ4v) is 5.32. The first kappa shape index (κ1) is 21.5. The standard InChI is InChI=1S/C23H21N3O5S/c1-16-9-10-18(15-22(16)26(28)29)23(27)24-19-11-12-21-17(14-19)6-5-13-25(21)32(30,31)20-7-3-2-4-8-20/h2-4,7-12,14-15H,5-6,13H2,1H3,(H,24,27). The molecule has 1 heterocycles. The third-order valence-corrected chi connectivity index (χ3v) is 7.24. The molecule has 0 spiro atoms. The second-order valence-electron chi connectivity index (χ2n) is 7.55. The molecular weight excluding hydrogens is 430 g/mol. The van der Waals surface area contributed by atoms with Crippen molar-refractivity contribution in [1.29, 1.82) is 0 Å². The number of fused-ring (bicyclic) bond motifs is 1. The number of rotatable bonds is 5. The van der Waals surface area contributed by atoms with Crippen molar-refractivity contribution in [3.05, 3.63) is 93.5 Å². The van der Waals surface area contributed by atoms with E-state index < -0.39 is 20.9 Å². The molecule has 1 aliphatic rings. The summed E-state index contributed by atoms with van der Waals surface area (Å²) in [5.74, 6) is -0.474. The zero-order chi connectivity index (χ0) is 22.9. The van der Waals surface area contributed by atoms with Crippen LogP contribution >= 0.6 is 0 Å². The van der Waals surface area contributed by atoms with Crippen molar-refractivity contribution in [3.8, 4) is 0 Å². The minimum atomic E-state index is -3.69. The summed E-state index contributed by atoms with van der Waals surface area (Å²) in [5, 5.41) is 13.9. The van der Waals surface area contributed by atoms with Crippen molar-refractivity contribution in [2.24, 2.45) is 0 Å². The Kier molecular flexibility index (Phi) is 5.67. The number of nitro groups is 1. The lowest BCUT2D eigenvalue weighted by Gasteiger charge is -2.30. The summed E-state index contributed by atoms with van der Waals surface area (Å²) in [6, 6.07) is 17.7. The van der Waals surface area contributed by atoms with Gasteiger partial charge in [0.15, 0.2) is 0 Å². The first-order valence-electron chi connectivity index (χ1n) is 10.0. The Morgan fingerprint density at radius 3 is 2.53 bits per heavy atom. The maximum atomic E-state index is 13.1. The number of carbonyl (C=O) groups is 1. The average Bonchev–Trinajstić information content (AvgIpc) is 2.79. The molecule has 0 radical (unpaired) electrons. The van der Waals surface area contributed by atoms with Gasteiger partial charge in [-0.05, 0) is 61.7 Å². The smallest absolute Gasteiger partial charge is 0.273 e. The van der Waals surface area contributed by atoms with Crippen LogP contribution < -0.4 is 9.62 Å². The molecule has 0 saturated carbocycles. The van der Waals surface area contributed by atoms with Crippen LogP contribution in [-0.2, 0) is 16.4 Å². The lowest BCUT2D eigenvalue weighted by Crippen LogP contribution is -2.35. The SMILES string of the molecule is Cc1ccc(C(=O)Nc2ccc3c(c2)CCCN3S(=O)(=O)c2ccccc2)cc1[N+](=O)[O-]. The molecule has 4 rings (SSSR count). The Morgan fingerprint density at radius 1 is 1.06 bits per heavy atom. The molecule has 0 fully saturated rings. The van der Waals surface area contributed by atoms with Crippen LogP contribution in [-0.4, -0.2) is 25.8 Å². The van der Waals surface area contributed by atoms with Crippen molar-refractivity contribution in [2.45, 2.75) is 24.7 Å². The molecule has 0 aromatic heterocycles. The molecule has 0 aliphatic carbocycles. The van der Waals surface area contributed by atoms with E-state index in [1.54, 1.807) is 55.5 Å². The number of amides is 1. The van der Waals surface area contributed by atoms with E-state index in [2.05, 4.69) is 5.32 Å². The predicted octanol–water partition coefficient (Wildman–Crippen LogP) is 4.30. The van der Waals surface area contributed by atoms with Crippen LogP contribution in [0.15, 0.2) is 71.6 Å². The Hall–Kier alpha value is -3.72. The van der Waals surface area contributed by atoms with Gasteiger partial charge < -0.3 is 5.32 Å². The summed E-state index contributed by atoms with van der Waals surface area (Å²) in [6.45, 7) is 1.99. The van der Waals surface area contributed by atoms with E-state index in [-0.39, 0.29) is 16.1 Å². The van der Waals surface area contributed by atoms with E-state index >= 15 is 0 Å². The normalized spacial score (nSPS) is 13.3. The van der Waals surface area contributed by atoms with Gasteiger partial charge in [0.25, 0.3) is 21.6 Å². The number of sulfonamides is 1. The van der Waals surface area contributed by atoms with Crippen molar-refractivity contribution < 1.29 is 18.1 Å². The van der Waals surface area contributed by atoms with Crippen LogP contribution in [0.25, 0.3) is 0 Å². The molecule has 1 amide bonds. The van der Waals surface area contributed by atoms with Crippen LogP contribution in [0.1, 0.15) is 27.9 Å². The van der Waals surface area contributed by atoms with Gasteiger partial charge in [-0.15, -0.1) is 0 Å². The molecule has 0 saturated heterocycles. The summed E-state index contributed by atoms with van der Waals surface area (Å²) in [5.41, 5.74) is 2.42. The minimum absolute atomic E-state index is 0.121. The molecule has 0 unspecified atom stereocenters. The summed E-state index contributed by atoms with van der Waals surface area (Å²) in [7, 11) is -3.69. The molecule has 0 bridgehead atoms. The summed E-state index contributed by atoms with van der Waals surface area (Å²) < 4.78 is 27.6. The van der Waals surface area contributed by atoms with Gasteiger partial charge >= 0.3 is 0 Å². The van der Waals surface area contributed by atoms with Gasteiger partial charge in [-0.25, -0.2) is 8.42 Å². The first-order valence-corrected chi connectivity index (χ1v) is 11.5. The van der Waals surface area contributed by atoms with Gasteiger partial charge in [0.1, 0.15) is 0 Å². The van der Waals surface area contributed by atoms with Crippen LogP contribution in [0.3, 0.4) is 0 Å². The van der Waals surface area contributed by atoms with Gasteiger partial charge in [-0.3, -0.25) is 19.2 Å². The zero-order valence-electron chi connectivity index (χ0n) is 17.3. The number of nitrogens with zero attached hydrogens (tertiary/aromatic N) is 2. The van der Waals surface area contributed by atoms with Crippen LogP contribution in [0.4, 0.5) is 17.1 Å². The molecule has 164 valence electrons. The van der Waals surface area contributed by atoms with E-state index in [1.807, 2.05) is 0 Å². The fourth-order valence-electron chi connectivity index (χ4n) is 3.76. The van der Waals surface area contributed by atoms with Crippen LogP contribution in [0.2, 0.25) is 0 Å². The van der Waals surface area contributed by atoms with E-state index in [4.69, 9.17) is 0 Å². The third-order valence-electron chi connectivity index (χ3n) is 5.41. The molecule has 3 aromatic rings. The van der Waals surface area contributed by atoms with E-state index in [0.717, 1.165) is 5.56 Å². The number of benzene rings is 3. The van der Waals surface area contributed by atoms with Gasteiger partial charge in [-0.2, -0.15) is 0 Å². The number of nitro benzene ring substituents is 1. The Bertz CT molecular complexity index is 1310. The first-order chi connectivity index (χ1) is 15.3. The Labute approximate surface area is 185 Å². The predicted molar refractivity (Wildman–Crippen MR) is 122 cm³/mol. The number of anilines is 2. The summed E-state index contributed by atoms with van der Waals surface area (Å²) >= 11 is 0. The minimum Gasteiger partial charge on any atom is -0.322 e. The van der Waals surface area contributed by atoms with Gasteiger partial charge in [0, 0.05) is 29.4 Å². The van der Waals surface area contributed by atoms with Gasteiger partial charge in [0.2, 0.25) is 0 Å². The number of hydrogen-bond acceptors (Lipinski definition) is 5. The monoisotopic (exact) mass is 451 g/mol. The number of aryl methyl sites for hydroxylation is 2. The highest BCUT2D eigenvalue weighted by molar-refractivity contribution is 7.92. The van der Waals surface area contributed by atoms with Gasteiger partial charge in [0.05, 0.1) is 15.5 Å². The number of hydrogen-bond donors (Lipinski definition) is 1. The molecule has 1 aliphatic heterocycles. The van der Waals surface area contributed by atoms with Gasteiger partial charge in [-0.1, -0.05) is 24.3 Å². The molecule has 32 heavy (non-hydrogen) atoms. The highest BCUT2D eigenvalue weighted by Gasteiger charge is 2.29. The molecule has 1 N–H and O–H groups in total. The van der Waals surface area contributed by atoms with Crippen molar-refractivity contribution in [2.75, 3.05) is 16.2 Å². The number of carbonyl (C=O) groups excluding carboxylic acids is 1. The maximum Gasteiger partial charge on any atom is 0.273 e. The molecular formula is C23H21N3O5S. The Balaban J connectivity index is 1.60. The lowest BCUT2D eigenvalue weighted by molar-refractivity contribution is -0.385. The van der Waals surface area contributed by atoms with Crippen molar-refractivity contribution >= 4 is 33.0 Å². The Morgan fingerprint density at radius 2 is 1.81 bits per heavy atom. The molecule has 3 aromatic carbocycles. The van der Waals surface area contributed by atoms with Crippen LogP contribution in [0.5, 0.6) is 0 Å². The van der Waals surface area contributed by atoms with Crippen LogP contribution in [0, 0.1) is 17.0 Å². The third kappa shape index (κ3) is 4.06. The highest BCUT2D eigenvalue weighted by atomic mass is 32.2.